The monoisotopic (exact) mass is 155 g/mol. The highest BCUT2D eigenvalue weighted by Gasteiger charge is 2.12. The molecule has 0 bridgehead atoms. The molecular formula is C9H22BN. The summed E-state index contributed by atoms with van der Waals surface area (Å²) in [7, 11) is 4.45. The van der Waals surface area contributed by atoms with Crippen molar-refractivity contribution in [3.05, 3.63) is 0 Å². The van der Waals surface area contributed by atoms with Gasteiger partial charge in [0.2, 0.25) is 0 Å². The maximum absolute atomic E-state index is 2.42. The molecule has 0 aliphatic carbocycles. The highest BCUT2D eigenvalue weighted by molar-refractivity contribution is 6.08. The number of hydrogen-bond donors (Lipinski definition) is 0. The van der Waals surface area contributed by atoms with Gasteiger partial charge < -0.3 is 4.90 Å². The van der Waals surface area contributed by atoms with Gasteiger partial charge in [-0.1, -0.05) is 27.1 Å². The van der Waals surface area contributed by atoms with Crippen LogP contribution in [0, 0.1) is 5.41 Å². The van der Waals surface area contributed by atoms with Crippen molar-refractivity contribution in [3.63, 3.8) is 0 Å². The van der Waals surface area contributed by atoms with Crippen molar-refractivity contribution in [2.24, 2.45) is 5.41 Å². The average molecular weight is 155 g/mol. The summed E-state index contributed by atoms with van der Waals surface area (Å²) in [4.78, 5) is 2.42. The highest BCUT2D eigenvalue weighted by atomic mass is 15.1. The van der Waals surface area contributed by atoms with Gasteiger partial charge in [0.1, 0.15) is 7.85 Å². The lowest BCUT2D eigenvalue weighted by atomic mass is 9.95. The van der Waals surface area contributed by atoms with E-state index in [0.29, 0.717) is 5.41 Å². The average Bonchev–Trinajstić information content (AvgIpc) is 1.79. The molecular weight excluding hydrogens is 133 g/mol. The van der Waals surface area contributed by atoms with E-state index in [-0.39, 0.29) is 0 Å². The summed E-state index contributed by atoms with van der Waals surface area (Å²) in [6, 6.07) is 0. The first-order valence-corrected chi connectivity index (χ1v) is 4.64. The lowest BCUT2D eigenvalue weighted by molar-refractivity contribution is 0.227. The minimum atomic E-state index is 0.447. The zero-order valence-electron chi connectivity index (χ0n) is 8.78. The van der Waals surface area contributed by atoms with Crippen LogP contribution in [0.5, 0.6) is 0 Å². The van der Waals surface area contributed by atoms with Crippen LogP contribution in [0.1, 0.15) is 27.2 Å². The van der Waals surface area contributed by atoms with Crippen molar-refractivity contribution in [1.29, 1.82) is 0 Å². The number of hydrogen-bond acceptors (Lipinski definition) is 1. The SMILES string of the molecule is BCCCN(C)CC(C)(C)C. The largest absolute Gasteiger partial charge is 0.306 e. The van der Waals surface area contributed by atoms with Crippen LogP contribution >= 0.6 is 0 Å². The molecule has 0 unspecified atom stereocenters. The molecule has 0 rings (SSSR count). The van der Waals surface area contributed by atoms with E-state index in [0.717, 1.165) is 0 Å². The van der Waals surface area contributed by atoms with E-state index < -0.39 is 0 Å². The molecule has 0 aromatic rings. The Morgan fingerprint density at radius 3 is 2.18 bits per heavy atom. The molecule has 2 heteroatoms. The van der Waals surface area contributed by atoms with E-state index in [4.69, 9.17) is 0 Å². The van der Waals surface area contributed by atoms with Gasteiger partial charge in [-0.3, -0.25) is 0 Å². The lowest BCUT2D eigenvalue weighted by Crippen LogP contribution is -2.29. The third-order valence-electron chi connectivity index (χ3n) is 1.64. The summed E-state index contributed by atoms with van der Waals surface area (Å²) in [5.41, 5.74) is 0.447. The van der Waals surface area contributed by atoms with Gasteiger partial charge in [-0.25, -0.2) is 0 Å². The van der Waals surface area contributed by atoms with Crippen LogP contribution in [0.15, 0.2) is 0 Å². The maximum atomic E-state index is 2.42. The topological polar surface area (TPSA) is 3.24 Å². The molecule has 0 aliphatic rings. The van der Waals surface area contributed by atoms with Crippen LogP contribution < -0.4 is 0 Å². The van der Waals surface area contributed by atoms with Gasteiger partial charge in [-0.2, -0.15) is 0 Å². The first-order valence-electron chi connectivity index (χ1n) is 4.64. The Kier molecular flexibility index (Phi) is 4.82. The van der Waals surface area contributed by atoms with Crippen LogP contribution in [0.4, 0.5) is 0 Å². The first-order chi connectivity index (χ1) is 4.95. The number of rotatable bonds is 4. The van der Waals surface area contributed by atoms with Crippen LogP contribution in [0.3, 0.4) is 0 Å². The van der Waals surface area contributed by atoms with Gasteiger partial charge in [0, 0.05) is 6.54 Å². The Balaban J connectivity index is 3.44. The smallest absolute Gasteiger partial charge is 0.101 e. The highest BCUT2D eigenvalue weighted by Crippen LogP contribution is 2.14. The quantitative estimate of drug-likeness (QED) is 0.555. The molecule has 0 saturated carbocycles. The molecule has 0 aromatic heterocycles. The Labute approximate surface area is 72.6 Å². The van der Waals surface area contributed by atoms with E-state index in [1.165, 1.54) is 25.8 Å². The van der Waals surface area contributed by atoms with Crippen molar-refractivity contribution < 1.29 is 0 Å². The fourth-order valence-electron chi connectivity index (χ4n) is 1.32. The van der Waals surface area contributed by atoms with E-state index in [9.17, 15) is 0 Å². The van der Waals surface area contributed by atoms with Gasteiger partial charge in [0.25, 0.3) is 0 Å². The molecule has 0 atom stereocenters. The van der Waals surface area contributed by atoms with Gasteiger partial charge in [0.15, 0.2) is 0 Å². The molecule has 0 aliphatic heterocycles. The van der Waals surface area contributed by atoms with Crippen molar-refractivity contribution in [3.8, 4) is 0 Å². The van der Waals surface area contributed by atoms with Gasteiger partial charge in [0.05, 0.1) is 0 Å². The predicted molar refractivity (Wildman–Crippen MR) is 54.9 cm³/mol. The molecule has 0 heterocycles. The predicted octanol–water partition coefficient (Wildman–Crippen LogP) is 1.41. The summed E-state index contributed by atoms with van der Waals surface area (Å²) in [5, 5.41) is 0. The van der Waals surface area contributed by atoms with Crippen LogP contribution in [-0.2, 0) is 0 Å². The second-order valence-electron chi connectivity index (χ2n) is 4.65. The number of nitrogens with zero attached hydrogens (tertiary/aromatic N) is 1. The summed E-state index contributed by atoms with van der Waals surface area (Å²) in [5.74, 6) is 0. The van der Waals surface area contributed by atoms with Gasteiger partial charge in [-0.15, -0.1) is 0 Å². The normalized spacial score (nSPS) is 12.5. The molecule has 0 spiro atoms. The Morgan fingerprint density at radius 2 is 1.82 bits per heavy atom. The van der Waals surface area contributed by atoms with Crippen molar-refractivity contribution in [2.75, 3.05) is 20.1 Å². The molecule has 0 N–H and O–H groups in total. The van der Waals surface area contributed by atoms with Gasteiger partial charge in [-0.05, 0) is 25.4 Å². The van der Waals surface area contributed by atoms with E-state index >= 15 is 0 Å². The minimum Gasteiger partial charge on any atom is -0.306 e. The van der Waals surface area contributed by atoms with Crippen LogP contribution in [-0.4, -0.2) is 32.9 Å². The maximum Gasteiger partial charge on any atom is 0.101 e. The summed E-state index contributed by atoms with van der Waals surface area (Å²) >= 11 is 0. The summed E-state index contributed by atoms with van der Waals surface area (Å²) < 4.78 is 0. The van der Waals surface area contributed by atoms with Crippen molar-refractivity contribution in [2.45, 2.75) is 33.5 Å². The first kappa shape index (κ1) is 11.0. The molecule has 0 aromatic carbocycles. The van der Waals surface area contributed by atoms with Gasteiger partial charge >= 0.3 is 0 Å². The second kappa shape index (κ2) is 4.81. The molecule has 0 amide bonds. The van der Waals surface area contributed by atoms with E-state index in [2.05, 4.69) is 40.6 Å². The van der Waals surface area contributed by atoms with E-state index in [1.807, 2.05) is 0 Å². The molecule has 0 fully saturated rings. The van der Waals surface area contributed by atoms with E-state index in [1.54, 1.807) is 0 Å². The minimum absolute atomic E-state index is 0.447. The fourth-order valence-corrected chi connectivity index (χ4v) is 1.32. The second-order valence-corrected chi connectivity index (χ2v) is 4.65. The molecule has 1 nitrogen and oxygen atoms in total. The van der Waals surface area contributed by atoms with Crippen LogP contribution in [0.2, 0.25) is 6.32 Å². The third-order valence-corrected chi connectivity index (χ3v) is 1.64. The standard InChI is InChI=1S/C9H22BN/c1-9(2,3)8-11(4)7-5-6-10/h5-8,10H2,1-4H3. The zero-order valence-corrected chi connectivity index (χ0v) is 8.78. The Bertz CT molecular complexity index is 96.2. The molecule has 0 saturated heterocycles. The Hall–Kier alpha value is 0.0249. The Morgan fingerprint density at radius 1 is 1.27 bits per heavy atom. The summed E-state index contributed by atoms with van der Waals surface area (Å²) in [6.45, 7) is 9.31. The van der Waals surface area contributed by atoms with Crippen LogP contribution in [0.25, 0.3) is 0 Å². The fraction of sp³-hybridized carbons (Fsp3) is 1.00. The van der Waals surface area contributed by atoms with Crippen molar-refractivity contribution in [1.82, 2.24) is 4.90 Å². The molecule has 66 valence electrons. The summed E-state index contributed by atoms with van der Waals surface area (Å²) in [6.07, 6.45) is 2.63. The zero-order chi connectivity index (χ0) is 8.91. The van der Waals surface area contributed by atoms with Crippen molar-refractivity contribution >= 4 is 7.85 Å². The lowest BCUT2D eigenvalue weighted by Gasteiger charge is -2.26. The molecule has 11 heavy (non-hydrogen) atoms. The third kappa shape index (κ3) is 7.93. The molecule has 0 radical (unpaired) electrons.